The zero-order valence-electron chi connectivity index (χ0n) is 52.7. The average molecular weight is 1180 g/mol. The first-order valence-electron chi connectivity index (χ1n) is 32.1. The molecule has 0 saturated carbocycles. The zero-order chi connectivity index (χ0) is 62.1. The summed E-state index contributed by atoms with van der Waals surface area (Å²) in [5, 5.41) is 7.26. The molecule has 91 heavy (non-hydrogen) atoms. The number of hydrogen-bond acceptors (Lipinski definition) is 6. The first-order chi connectivity index (χ1) is 44.4. The van der Waals surface area contributed by atoms with Gasteiger partial charge in [-0.25, -0.2) is 0 Å². The van der Waals surface area contributed by atoms with Gasteiger partial charge in [-0.2, -0.15) is 0 Å². The topological polar surface area (TPSA) is 59.0 Å². The standard InChI is InChI=1S/C83H64N2O4.C2H6/c1-8-23-50(81(2,3)4)46-47-84(67-34-21-30-57-55-26-11-17-36-71(55)86-77(57)67)69-48-65-59(79-75(69)61-28-13-19-38-73(61)88-79)44-45-60-66(83(65)63-32-15-9-24-53(63)54-25-10-16-33-64(54)83)49-70(76-62-29-14-20-39-74(62)89-80(60)76)85(52-42-40-51(41-43-52)82(5,6)7)68-35-22-31-58-56-27-12-18-37-72(56)87-78(58)68;1-2/h8-18,20-37,39-49H,1,19,38H2,2-7H3;1-2H3/b47-46-,50-23+;. The summed E-state index contributed by atoms with van der Waals surface area (Å²) in [6, 6.07) is 70.6. The van der Waals surface area contributed by atoms with E-state index in [1.165, 1.54) is 27.8 Å². The summed E-state index contributed by atoms with van der Waals surface area (Å²) >= 11 is 0. The van der Waals surface area contributed by atoms with Gasteiger partial charge >= 0.3 is 0 Å². The second kappa shape index (κ2) is 21.0. The van der Waals surface area contributed by atoms with E-state index in [9.17, 15) is 0 Å². The van der Waals surface area contributed by atoms with Crippen LogP contribution in [0.2, 0.25) is 0 Å². The lowest BCUT2D eigenvalue weighted by atomic mass is 9.65. The number of hydrogen-bond donors (Lipinski definition) is 0. The molecule has 0 bridgehead atoms. The van der Waals surface area contributed by atoms with Crippen molar-refractivity contribution in [2.24, 2.45) is 5.41 Å². The van der Waals surface area contributed by atoms with E-state index in [0.29, 0.717) is 0 Å². The van der Waals surface area contributed by atoms with Crippen molar-refractivity contribution >= 4 is 123 Å². The molecule has 0 unspecified atom stereocenters. The minimum absolute atomic E-state index is 0.0789. The van der Waals surface area contributed by atoms with Crippen LogP contribution < -0.4 is 9.80 Å². The minimum atomic E-state index is -0.997. The summed E-state index contributed by atoms with van der Waals surface area (Å²) in [6.45, 7) is 21.8. The number of anilines is 5. The Bertz CT molecular complexity index is 5390. The Morgan fingerprint density at radius 1 is 0.473 bits per heavy atom. The lowest BCUT2D eigenvalue weighted by Gasteiger charge is -2.37. The summed E-state index contributed by atoms with van der Waals surface area (Å²) in [6.07, 6.45) is 19.4. The molecule has 0 aliphatic heterocycles. The molecule has 3 aliphatic rings. The summed E-state index contributed by atoms with van der Waals surface area (Å²) in [5.41, 5.74) is 21.4. The monoisotopic (exact) mass is 1180 g/mol. The number of furan rings is 4. The quantitative estimate of drug-likeness (QED) is 0.141. The van der Waals surface area contributed by atoms with Gasteiger partial charge in [-0.05, 0) is 122 Å². The van der Waals surface area contributed by atoms with Crippen molar-refractivity contribution in [2.45, 2.75) is 79.1 Å². The Morgan fingerprint density at radius 3 is 1.59 bits per heavy atom. The second-order valence-electron chi connectivity index (χ2n) is 26.2. The van der Waals surface area contributed by atoms with E-state index in [1.807, 2.05) is 26.0 Å². The van der Waals surface area contributed by atoms with Gasteiger partial charge in [-0.3, -0.25) is 0 Å². The first kappa shape index (κ1) is 55.7. The fourth-order valence-electron chi connectivity index (χ4n) is 14.9. The lowest BCUT2D eigenvalue weighted by molar-refractivity contribution is 0.517. The number of aryl methyl sites for hydroxylation is 1. The molecule has 6 nitrogen and oxygen atoms in total. The fraction of sp³-hybridized carbons (Fsp3) is 0.153. The van der Waals surface area contributed by atoms with Crippen LogP contribution in [0.25, 0.3) is 106 Å². The molecule has 0 fully saturated rings. The average Bonchev–Trinajstić information content (AvgIpc) is 1.57. The van der Waals surface area contributed by atoms with Crippen molar-refractivity contribution in [3.63, 3.8) is 0 Å². The van der Waals surface area contributed by atoms with Crippen LogP contribution in [0.1, 0.15) is 112 Å². The van der Waals surface area contributed by atoms with E-state index in [4.69, 9.17) is 17.7 Å². The van der Waals surface area contributed by atoms with Gasteiger partial charge in [0.2, 0.25) is 0 Å². The maximum atomic E-state index is 7.57. The van der Waals surface area contributed by atoms with Crippen molar-refractivity contribution in [2.75, 3.05) is 9.80 Å². The maximum absolute atomic E-state index is 7.57. The molecule has 1 spiro atoms. The van der Waals surface area contributed by atoms with Gasteiger partial charge in [0.05, 0.1) is 38.9 Å². The Morgan fingerprint density at radius 2 is 0.989 bits per heavy atom. The zero-order valence-corrected chi connectivity index (χ0v) is 52.7. The Balaban J connectivity index is 0.00000327. The van der Waals surface area contributed by atoms with Crippen LogP contribution in [-0.2, 0) is 17.3 Å². The highest BCUT2D eigenvalue weighted by Gasteiger charge is 2.51. The fourth-order valence-corrected chi connectivity index (χ4v) is 14.9. The highest BCUT2D eigenvalue weighted by atomic mass is 16.3. The van der Waals surface area contributed by atoms with Gasteiger partial charge in [-0.1, -0.05) is 238 Å². The molecule has 0 saturated heterocycles. The molecule has 0 radical (unpaired) electrons. The van der Waals surface area contributed by atoms with E-state index < -0.39 is 5.41 Å². The lowest BCUT2D eigenvalue weighted by Crippen LogP contribution is -2.31. The van der Waals surface area contributed by atoms with Crippen LogP contribution in [0, 0.1) is 5.41 Å². The molecule has 0 atom stereocenters. The van der Waals surface area contributed by atoms with Crippen LogP contribution in [-0.4, -0.2) is 0 Å². The molecule has 3 aliphatic carbocycles. The van der Waals surface area contributed by atoms with Gasteiger partial charge in [-0.15, -0.1) is 0 Å². The van der Waals surface area contributed by atoms with Crippen molar-refractivity contribution < 1.29 is 17.7 Å². The van der Waals surface area contributed by atoms with Gasteiger partial charge < -0.3 is 27.5 Å². The van der Waals surface area contributed by atoms with E-state index >= 15 is 0 Å². The number of allylic oxidation sites excluding steroid dienone is 5. The number of nitrogens with zero attached hydrogens (tertiary/aromatic N) is 2. The highest BCUT2D eigenvalue weighted by Crippen LogP contribution is 2.63. The molecule has 0 N–H and O–H groups in total. The Kier molecular flexibility index (Phi) is 12.9. The predicted molar refractivity (Wildman–Crippen MR) is 382 cm³/mol. The van der Waals surface area contributed by atoms with Crippen molar-refractivity contribution in [3.8, 4) is 11.1 Å². The van der Waals surface area contributed by atoms with Gasteiger partial charge in [0.25, 0.3) is 0 Å². The largest absolute Gasteiger partial charge is 0.460 e. The van der Waals surface area contributed by atoms with Crippen LogP contribution in [0.5, 0.6) is 0 Å². The molecule has 4 heterocycles. The van der Waals surface area contributed by atoms with Crippen molar-refractivity contribution in [1.82, 2.24) is 0 Å². The SMILES string of the molecule is C=C/C=C(\C=C/N(c1cccc2c1oc1ccccc12)c1cc2c(c3oc4c(c13)C=CCC4)C=Cc1c(cc(N(c3ccc(C(C)(C)C)cc3)c3cccc4c3oc3ccccc34)c3c1oc1ccccc13)C21c2ccccc2-c2ccccc21)C(C)(C)C.CC. The summed E-state index contributed by atoms with van der Waals surface area (Å²) in [5.74, 6) is 0.969. The van der Waals surface area contributed by atoms with Crippen molar-refractivity contribution in [3.05, 3.63) is 287 Å². The molecule has 444 valence electrons. The number of rotatable bonds is 8. The third kappa shape index (κ3) is 8.38. The first-order valence-corrected chi connectivity index (χ1v) is 32.1. The normalized spacial score (nSPS) is 14.1. The molecule has 4 aromatic heterocycles. The third-order valence-corrected chi connectivity index (χ3v) is 19.1. The van der Waals surface area contributed by atoms with Gasteiger partial charge in [0.15, 0.2) is 11.2 Å². The maximum Gasteiger partial charge on any atom is 0.159 e. The van der Waals surface area contributed by atoms with Crippen LogP contribution in [0.15, 0.2) is 254 Å². The number of fused-ring (bicyclic) bond motifs is 23. The van der Waals surface area contributed by atoms with E-state index in [0.717, 1.165) is 157 Å². The third-order valence-electron chi connectivity index (χ3n) is 19.1. The van der Waals surface area contributed by atoms with Crippen LogP contribution in [0.4, 0.5) is 28.4 Å². The number of benzene rings is 10. The molecule has 14 aromatic rings. The summed E-state index contributed by atoms with van der Waals surface area (Å²) < 4.78 is 29.2. The second-order valence-corrected chi connectivity index (χ2v) is 26.2. The van der Waals surface area contributed by atoms with E-state index in [1.54, 1.807) is 0 Å². The van der Waals surface area contributed by atoms with Gasteiger partial charge in [0, 0.05) is 61.9 Å². The molecule has 6 heteroatoms. The van der Waals surface area contributed by atoms with Crippen LogP contribution in [0.3, 0.4) is 0 Å². The van der Waals surface area contributed by atoms with E-state index in [2.05, 4.69) is 289 Å². The Labute approximate surface area is 530 Å². The van der Waals surface area contributed by atoms with E-state index in [-0.39, 0.29) is 10.8 Å². The number of para-hydroxylation sites is 5. The Hall–Kier alpha value is -10.6. The molecular weight excluding hydrogens is 1110 g/mol. The molecule has 0 amide bonds. The highest BCUT2D eigenvalue weighted by molar-refractivity contribution is 6.20. The molecule has 10 aromatic carbocycles. The molecular formula is C85H70N2O4. The summed E-state index contributed by atoms with van der Waals surface area (Å²) in [7, 11) is 0. The van der Waals surface area contributed by atoms with Crippen LogP contribution >= 0.6 is 0 Å². The smallest absolute Gasteiger partial charge is 0.159 e. The minimum Gasteiger partial charge on any atom is -0.460 e. The predicted octanol–water partition coefficient (Wildman–Crippen LogP) is 24.5. The van der Waals surface area contributed by atoms with Crippen molar-refractivity contribution in [1.29, 1.82) is 0 Å². The van der Waals surface area contributed by atoms with Gasteiger partial charge in [0.1, 0.15) is 33.7 Å². The molecule has 17 rings (SSSR count). The summed E-state index contributed by atoms with van der Waals surface area (Å²) in [4.78, 5) is 4.80.